The molecule has 1 aromatic carbocycles. The Labute approximate surface area is 105 Å². The van der Waals surface area contributed by atoms with Gasteiger partial charge in [0.1, 0.15) is 5.58 Å². The van der Waals surface area contributed by atoms with Gasteiger partial charge >= 0.3 is 5.63 Å². The summed E-state index contributed by atoms with van der Waals surface area (Å²) in [5.41, 5.74) is 1.41. The van der Waals surface area contributed by atoms with E-state index in [1.165, 1.54) is 0 Å². The largest absolute Gasteiger partial charge is 0.423 e. The van der Waals surface area contributed by atoms with Crippen molar-refractivity contribution < 1.29 is 9.15 Å². The molecule has 0 atom stereocenters. The summed E-state index contributed by atoms with van der Waals surface area (Å²) < 4.78 is 10.5. The lowest BCUT2D eigenvalue weighted by Crippen LogP contribution is -2.35. The highest BCUT2D eigenvalue weighted by Gasteiger charge is 2.13. The van der Waals surface area contributed by atoms with E-state index in [0.29, 0.717) is 5.58 Å². The number of nitrogens with zero attached hydrogens (tertiary/aromatic N) is 1. The third kappa shape index (κ3) is 2.30. The molecule has 4 heteroatoms. The van der Waals surface area contributed by atoms with Gasteiger partial charge in [0.15, 0.2) is 0 Å². The van der Waals surface area contributed by atoms with Gasteiger partial charge in [-0.15, -0.1) is 0 Å². The zero-order valence-corrected chi connectivity index (χ0v) is 10.1. The van der Waals surface area contributed by atoms with Crippen molar-refractivity contribution in [2.24, 2.45) is 0 Å². The molecule has 0 saturated carbocycles. The Morgan fingerprint density at radius 1 is 1.17 bits per heavy atom. The first kappa shape index (κ1) is 11.4. The van der Waals surface area contributed by atoms with E-state index in [2.05, 4.69) is 4.90 Å². The van der Waals surface area contributed by atoms with Crippen LogP contribution in [-0.2, 0) is 11.3 Å². The smallest absolute Gasteiger partial charge is 0.336 e. The van der Waals surface area contributed by atoms with Crippen molar-refractivity contribution in [3.63, 3.8) is 0 Å². The molecule has 3 rings (SSSR count). The van der Waals surface area contributed by atoms with Gasteiger partial charge in [-0.05, 0) is 11.6 Å². The van der Waals surface area contributed by atoms with Crippen molar-refractivity contribution >= 4 is 11.0 Å². The highest BCUT2D eigenvalue weighted by atomic mass is 16.5. The summed E-state index contributed by atoms with van der Waals surface area (Å²) in [5.74, 6) is 0. The fourth-order valence-corrected chi connectivity index (χ4v) is 2.31. The molecule has 94 valence electrons. The van der Waals surface area contributed by atoms with E-state index in [1.807, 2.05) is 24.3 Å². The summed E-state index contributed by atoms with van der Waals surface area (Å²) in [6.07, 6.45) is 0. The molecule has 0 radical (unpaired) electrons. The van der Waals surface area contributed by atoms with E-state index >= 15 is 0 Å². The van der Waals surface area contributed by atoms with E-state index in [-0.39, 0.29) is 5.63 Å². The number of hydrogen-bond donors (Lipinski definition) is 0. The van der Waals surface area contributed by atoms with Crippen LogP contribution in [0.25, 0.3) is 11.0 Å². The molecule has 0 aliphatic carbocycles. The monoisotopic (exact) mass is 245 g/mol. The van der Waals surface area contributed by atoms with E-state index in [0.717, 1.165) is 43.8 Å². The fraction of sp³-hybridized carbons (Fsp3) is 0.357. The number of fused-ring (bicyclic) bond motifs is 1. The molecule has 1 aliphatic heterocycles. The maximum Gasteiger partial charge on any atom is 0.336 e. The normalized spacial score (nSPS) is 17.1. The molecule has 0 bridgehead atoms. The minimum atomic E-state index is -0.281. The van der Waals surface area contributed by atoms with Crippen molar-refractivity contribution in [2.45, 2.75) is 6.54 Å². The number of para-hydroxylation sites is 1. The minimum absolute atomic E-state index is 0.281. The molecule has 2 aromatic rings. The number of hydrogen-bond acceptors (Lipinski definition) is 4. The summed E-state index contributed by atoms with van der Waals surface area (Å²) in [6.45, 7) is 4.12. The van der Waals surface area contributed by atoms with Gasteiger partial charge in [-0.25, -0.2) is 4.79 Å². The molecule has 0 unspecified atom stereocenters. The Morgan fingerprint density at radius 3 is 2.78 bits per heavy atom. The average molecular weight is 245 g/mol. The molecular weight excluding hydrogens is 230 g/mol. The second-order valence-corrected chi connectivity index (χ2v) is 4.48. The maximum atomic E-state index is 11.5. The number of ether oxygens (including phenoxy) is 1. The van der Waals surface area contributed by atoms with Crippen LogP contribution in [0.4, 0.5) is 0 Å². The highest BCUT2D eigenvalue weighted by molar-refractivity contribution is 5.79. The zero-order valence-electron chi connectivity index (χ0n) is 10.1. The Morgan fingerprint density at radius 2 is 1.94 bits per heavy atom. The van der Waals surface area contributed by atoms with Gasteiger partial charge in [-0.1, -0.05) is 18.2 Å². The molecule has 1 saturated heterocycles. The van der Waals surface area contributed by atoms with Crippen LogP contribution in [0.3, 0.4) is 0 Å². The standard InChI is InChI=1S/C14H15NO3/c16-14-9-11(10-15-5-7-17-8-6-15)12-3-1-2-4-13(12)18-14/h1-4,9H,5-8,10H2. The summed E-state index contributed by atoms with van der Waals surface area (Å²) in [4.78, 5) is 13.8. The van der Waals surface area contributed by atoms with Gasteiger partial charge in [0, 0.05) is 31.1 Å². The minimum Gasteiger partial charge on any atom is -0.423 e. The van der Waals surface area contributed by atoms with Crippen molar-refractivity contribution in [1.82, 2.24) is 4.90 Å². The second-order valence-electron chi connectivity index (χ2n) is 4.48. The number of morpholine rings is 1. The van der Waals surface area contributed by atoms with Crippen molar-refractivity contribution in [1.29, 1.82) is 0 Å². The lowest BCUT2D eigenvalue weighted by Gasteiger charge is -2.26. The topological polar surface area (TPSA) is 42.7 Å². The second kappa shape index (κ2) is 4.92. The Hall–Kier alpha value is -1.65. The lowest BCUT2D eigenvalue weighted by molar-refractivity contribution is 0.0343. The van der Waals surface area contributed by atoms with Crippen LogP contribution >= 0.6 is 0 Å². The Kier molecular flexibility index (Phi) is 3.13. The third-order valence-corrected chi connectivity index (χ3v) is 3.23. The number of benzene rings is 1. The molecular formula is C14H15NO3. The van der Waals surface area contributed by atoms with Crippen molar-refractivity contribution in [3.05, 3.63) is 46.3 Å². The summed E-state index contributed by atoms with van der Waals surface area (Å²) in [6, 6.07) is 9.26. The number of rotatable bonds is 2. The SMILES string of the molecule is O=c1cc(CN2CCOCC2)c2ccccc2o1. The first-order chi connectivity index (χ1) is 8.83. The van der Waals surface area contributed by atoms with Crippen LogP contribution in [0.5, 0.6) is 0 Å². The molecule has 1 fully saturated rings. The van der Waals surface area contributed by atoms with Gasteiger partial charge in [0.05, 0.1) is 13.2 Å². The van der Waals surface area contributed by atoms with Crippen LogP contribution in [0.1, 0.15) is 5.56 Å². The van der Waals surface area contributed by atoms with Crippen molar-refractivity contribution in [2.75, 3.05) is 26.3 Å². The van der Waals surface area contributed by atoms with Gasteiger partial charge in [0.2, 0.25) is 0 Å². The molecule has 0 amide bonds. The van der Waals surface area contributed by atoms with Gasteiger partial charge in [-0.3, -0.25) is 4.90 Å². The van der Waals surface area contributed by atoms with Gasteiger partial charge < -0.3 is 9.15 Å². The Balaban J connectivity index is 1.97. The Bertz CT molecular complexity index is 599. The molecule has 0 spiro atoms. The molecule has 0 N–H and O–H groups in total. The first-order valence-corrected chi connectivity index (χ1v) is 6.15. The van der Waals surface area contributed by atoms with Crippen molar-refractivity contribution in [3.8, 4) is 0 Å². The van der Waals surface area contributed by atoms with Gasteiger partial charge in [0.25, 0.3) is 0 Å². The lowest BCUT2D eigenvalue weighted by atomic mass is 10.1. The quantitative estimate of drug-likeness (QED) is 0.754. The van der Waals surface area contributed by atoms with E-state index in [9.17, 15) is 4.79 Å². The maximum absolute atomic E-state index is 11.5. The molecule has 4 nitrogen and oxygen atoms in total. The van der Waals surface area contributed by atoms with E-state index in [1.54, 1.807) is 6.07 Å². The first-order valence-electron chi connectivity index (χ1n) is 6.15. The van der Waals surface area contributed by atoms with Gasteiger partial charge in [-0.2, -0.15) is 0 Å². The third-order valence-electron chi connectivity index (χ3n) is 3.23. The summed E-state index contributed by atoms with van der Waals surface area (Å²) in [5, 5.41) is 1.02. The summed E-state index contributed by atoms with van der Waals surface area (Å²) >= 11 is 0. The predicted molar refractivity (Wildman–Crippen MR) is 68.6 cm³/mol. The fourth-order valence-electron chi connectivity index (χ4n) is 2.31. The molecule has 1 aliphatic rings. The van der Waals surface area contributed by atoms with Crippen LogP contribution in [0.15, 0.2) is 39.5 Å². The van der Waals surface area contributed by atoms with Crippen LogP contribution < -0.4 is 5.63 Å². The van der Waals surface area contributed by atoms with E-state index < -0.39 is 0 Å². The highest BCUT2D eigenvalue weighted by Crippen LogP contribution is 2.18. The zero-order chi connectivity index (χ0) is 12.4. The molecule has 18 heavy (non-hydrogen) atoms. The average Bonchev–Trinajstić information content (AvgIpc) is 2.40. The van der Waals surface area contributed by atoms with Crippen LogP contribution in [0.2, 0.25) is 0 Å². The molecule has 1 aromatic heterocycles. The summed E-state index contributed by atoms with van der Waals surface area (Å²) in [7, 11) is 0. The van der Waals surface area contributed by atoms with E-state index in [4.69, 9.17) is 9.15 Å². The predicted octanol–water partition coefficient (Wildman–Crippen LogP) is 1.63. The van der Waals surface area contributed by atoms with Crippen LogP contribution in [0, 0.1) is 0 Å². The van der Waals surface area contributed by atoms with Crippen LogP contribution in [-0.4, -0.2) is 31.2 Å². The molecule has 2 heterocycles.